The minimum absolute atomic E-state index is 0.218. The molecule has 0 saturated carbocycles. The van der Waals surface area contributed by atoms with Crippen molar-refractivity contribution in [1.82, 2.24) is 10.3 Å². The Hall–Kier alpha value is -1.70. The summed E-state index contributed by atoms with van der Waals surface area (Å²) in [6.07, 6.45) is 0. The number of nitro groups is 1. The number of hydrogen-bond donors (Lipinski definition) is 1. The van der Waals surface area contributed by atoms with Gasteiger partial charge in [-0.1, -0.05) is 11.3 Å². The average Bonchev–Trinajstić information content (AvgIpc) is 2.71. The normalized spacial score (nSPS) is 15.7. The van der Waals surface area contributed by atoms with Crippen molar-refractivity contribution in [1.29, 1.82) is 0 Å². The zero-order chi connectivity index (χ0) is 10.1. The van der Waals surface area contributed by atoms with Gasteiger partial charge in [-0.25, -0.2) is 9.69 Å². The molecule has 74 valence electrons. The minimum Gasteiger partial charge on any atom is -0.358 e. The predicted molar refractivity (Wildman–Crippen MR) is 49.5 cm³/mol. The Balaban J connectivity index is 2.24. The van der Waals surface area contributed by atoms with Gasteiger partial charge in [0.2, 0.25) is 0 Å². The van der Waals surface area contributed by atoms with Crippen LogP contribution in [0.4, 0.5) is 15.7 Å². The van der Waals surface area contributed by atoms with Crippen molar-refractivity contribution < 1.29 is 9.72 Å². The summed E-state index contributed by atoms with van der Waals surface area (Å²) in [5.41, 5.74) is 0. The standard InChI is InChI=1S/C6H6N4O3S/c11-5-7-1-2-9(5)6-8-4(3-14-6)10(12)13/h3H,1-2H2,(H,7,11). The zero-order valence-electron chi connectivity index (χ0n) is 6.97. The topological polar surface area (TPSA) is 88.4 Å². The number of thiazole rings is 1. The third kappa shape index (κ3) is 1.39. The first kappa shape index (κ1) is 8.88. The lowest BCUT2D eigenvalue weighted by molar-refractivity contribution is -0.389. The van der Waals surface area contributed by atoms with Gasteiger partial charge in [0.1, 0.15) is 0 Å². The van der Waals surface area contributed by atoms with Crippen LogP contribution in [0, 0.1) is 10.1 Å². The molecule has 1 fully saturated rings. The molecule has 0 aliphatic carbocycles. The van der Waals surface area contributed by atoms with Crippen molar-refractivity contribution >= 4 is 28.3 Å². The number of hydrogen-bond acceptors (Lipinski definition) is 5. The van der Waals surface area contributed by atoms with E-state index in [1.165, 1.54) is 10.3 Å². The van der Waals surface area contributed by atoms with Crippen LogP contribution in [-0.4, -0.2) is 29.0 Å². The van der Waals surface area contributed by atoms with Crippen molar-refractivity contribution in [2.24, 2.45) is 0 Å². The molecule has 0 unspecified atom stereocenters. The van der Waals surface area contributed by atoms with E-state index < -0.39 is 4.92 Å². The molecule has 7 nitrogen and oxygen atoms in total. The molecule has 0 aromatic carbocycles. The van der Waals surface area contributed by atoms with E-state index in [-0.39, 0.29) is 11.8 Å². The highest BCUT2D eigenvalue weighted by atomic mass is 32.1. The number of aromatic nitrogens is 1. The zero-order valence-corrected chi connectivity index (χ0v) is 7.78. The van der Waals surface area contributed by atoms with E-state index in [4.69, 9.17) is 0 Å². The van der Waals surface area contributed by atoms with E-state index in [0.29, 0.717) is 18.2 Å². The van der Waals surface area contributed by atoms with Crippen molar-refractivity contribution in [3.63, 3.8) is 0 Å². The van der Waals surface area contributed by atoms with E-state index in [0.717, 1.165) is 11.3 Å². The summed E-state index contributed by atoms with van der Waals surface area (Å²) in [6, 6.07) is -0.255. The lowest BCUT2D eigenvalue weighted by atomic mass is 10.6. The Morgan fingerprint density at radius 1 is 1.71 bits per heavy atom. The van der Waals surface area contributed by atoms with Crippen molar-refractivity contribution in [2.45, 2.75) is 0 Å². The molecule has 2 heterocycles. The first-order valence-electron chi connectivity index (χ1n) is 3.84. The maximum absolute atomic E-state index is 11.2. The fraction of sp³-hybridized carbons (Fsp3) is 0.333. The smallest absolute Gasteiger partial charge is 0.358 e. The number of anilines is 1. The summed E-state index contributed by atoms with van der Waals surface area (Å²) in [6.45, 7) is 1.05. The molecular weight excluding hydrogens is 208 g/mol. The third-order valence-corrected chi connectivity index (χ3v) is 2.61. The number of carbonyl (C=O) groups is 1. The second kappa shape index (κ2) is 3.22. The molecule has 1 N–H and O–H groups in total. The van der Waals surface area contributed by atoms with Gasteiger partial charge >= 0.3 is 17.0 Å². The predicted octanol–water partition coefficient (Wildman–Crippen LogP) is 0.581. The molecule has 1 aliphatic rings. The quantitative estimate of drug-likeness (QED) is 0.576. The first-order chi connectivity index (χ1) is 6.68. The van der Waals surface area contributed by atoms with Crippen molar-refractivity contribution in [2.75, 3.05) is 18.0 Å². The van der Waals surface area contributed by atoms with Crippen LogP contribution in [0.25, 0.3) is 0 Å². The lowest BCUT2D eigenvalue weighted by Crippen LogP contribution is -2.27. The maximum atomic E-state index is 11.2. The second-order valence-corrected chi connectivity index (χ2v) is 3.47. The molecule has 8 heteroatoms. The fourth-order valence-corrected chi connectivity index (χ4v) is 1.92. The minimum atomic E-state index is -0.575. The van der Waals surface area contributed by atoms with Crippen LogP contribution in [-0.2, 0) is 0 Å². The van der Waals surface area contributed by atoms with Crippen LogP contribution < -0.4 is 10.2 Å². The number of rotatable bonds is 2. The Kier molecular flexibility index (Phi) is 2.04. The summed E-state index contributed by atoms with van der Waals surface area (Å²) in [5, 5.41) is 14.6. The molecule has 1 saturated heterocycles. The van der Waals surface area contributed by atoms with Crippen LogP contribution >= 0.6 is 11.3 Å². The maximum Gasteiger partial charge on any atom is 0.376 e. The molecule has 0 atom stereocenters. The van der Waals surface area contributed by atoms with E-state index >= 15 is 0 Å². The van der Waals surface area contributed by atoms with Gasteiger partial charge in [0.05, 0.1) is 5.38 Å². The highest BCUT2D eigenvalue weighted by molar-refractivity contribution is 7.14. The van der Waals surface area contributed by atoms with Gasteiger partial charge in [-0.15, -0.1) is 0 Å². The van der Waals surface area contributed by atoms with Crippen molar-refractivity contribution in [3.05, 3.63) is 15.5 Å². The van der Waals surface area contributed by atoms with E-state index in [1.54, 1.807) is 0 Å². The van der Waals surface area contributed by atoms with E-state index in [9.17, 15) is 14.9 Å². The molecule has 1 aromatic heterocycles. The van der Waals surface area contributed by atoms with Gasteiger partial charge in [-0.3, -0.25) is 0 Å². The van der Waals surface area contributed by atoms with Gasteiger partial charge in [0.15, 0.2) is 0 Å². The molecule has 1 aromatic rings. The summed E-state index contributed by atoms with van der Waals surface area (Å²) >= 11 is 1.09. The van der Waals surface area contributed by atoms with Crippen LogP contribution in [0.15, 0.2) is 5.38 Å². The molecular formula is C6H6N4O3S. The molecule has 0 bridgehead atoms. The number of nitrogens with zero attached hydrogens (tertiary/aromatic N) is 3. The van der Waals surface area contributed by atoms with Crippen LogP contribution in [0.3, 0.4) is 0 Å². The van der Waals surface area contributed by atoms with Crippen LogP contribution in [0.5, 0.6) is 0 Å². The summed E-state index contributed by atoms with van der Waals surface area (Å²) in [5.74, 6) is -0.218. The molecule has 14 heavy (non-hydrogen) atoms. The van der Waals surface area contributed by atoms with E-state index in [2.05, 4.69) is 10.3 Å². The average molecular weight is 214 g/mol. The van der Waals surface area contributed by atoms with Gasteiger partial charge in [-0.2, -0.15) is 0 Å². The largest absolute Gasteiger partial charge is 0.376 e. The highest BCUT2D eigenvalue weighted by Crippen LogP contribution is 2.25. The Morgan fingerprint density at radius 2 is 2.50 bits per heavy atom. The monoisotopic (exact) mass is 214 g/mol. The molecule has 2 amide bonds. The molecule has 2 rings (SSSR count). The Labute approximate surface area is 82.5 Å². The van der Waals surface area contributed by atoms with E-state index in [1.807, 2.05) is 0 Å². The molecule has 1 aliphatic heterocycles. The number of amides is 2. The first-order valence-corrected chi connectivity index (χ1v) is 4.72. The molecule has 0 radical (unpaired) electrons. The van der Waals surface area contributed by atoms with Crippen molar-refractivity contribution in [3.8, 4) is 0 Å². The summed E-state index contributed by atoms with van der Waals surface area (Å²) in [7, 11) is 0. The second-order valence-electron chi connectivity index (χ2n) is 2.63. The summed E-state index contributed by atoms with van der Waals surface area (Å²) < 4.78 is 0. The SMILES string of the molecule is O=C1NCCN1c1nc([N+](=O)[O-])cs1. The van der Waals surface area contributed by atoms with Crippen LogP contribution in [0.2, 0.25) is 0 Å². The van der Waals surface area contributed by atoms with Gasteiger partial charge in [0.25, 0.3) is 0 Å². The number of carbonyl (C=O) groups excluding carboxylic acids is 1. The molecule has 0 spiro atoms. The van der Waals surface area contributed by atoms with Crippen LogP contribution in [0.1, 0.15) is 0 Å². The third-order valence-electron chi connectivity index (χ3n) is 1.75. The van der Waals surface area contributed by atoms with Gasteiger partial charge in [-0.05, 0) is 9.91 Å². The van der Waals surface area contributed by atoms with Gasteiger partial charge in [0, 0.05) is 13.1 Å². The lowest BCUT2D eigenvalue weighted by Gasteiger charge is -2.04. The summed E-state index contributed by atoms with van der Waals surface area (Å²) in [4.78, 5) is 26.0. The Bertz CT molecular complexity index is 390. The fourth-order valence-electron chi connectivity index (χ4n) is 1.12. The number of nitrogens with one attached hydrogen (secondary N) is 1. The Morgan fingerprint density at radius 3 is 3.00 bits per heavy atom. The highest BCUT2D eigenvalue weighted by Gasteiger charge is 2.28. The number of urea groups is 1. The van der Waals surface area contributed by atoms with Gasteiger partial charge < -0.3 is 15.4 Å².